The van der Waals surface area contributed by atoms with Crippen LogP contribution in [0.4, 0.5) is 4.79 Å². The first-order chi connectivity index (χ1) is 9.35. The zero-order valence-electron chi connectivity index (χ0n) is 14.8. The van der Waals surface area contributed by atoms with Crippen LogP contribution < -0.4 is 10.6 Å². The third-order valence-electron chi connectivity index (χ3n) is 2.82. The van der Waals surface area contributed by atoms with Gasteiger partial charge in [-0.25, -0.2) is 4.79 Å². The van der Waals surface area contributed by atoms with Gasteiger partial charge in [0.25, 0.3) is 0 Å². The number of carbonyl (C=O) groups excluding carboxylic acids is 2. The van der Waals surface area contributed by atoms with E-state index in [0.29, 0.717) is 0 Å². The van der Waals surface area contributed by atoms with Crippen molar-refractivity contribution in [3.8, 4) is 0 Å². The largest absolute Gasteiger partial charge is 0.444 e. The van der Waals surface area contributed by atoms with Gasteiger partial charge in [-0.15, -0.1) is 0 Å². The van der Waals surface area contributed by atoms with Gasteiger partial charge >= 0.3 is 6.09 Å². The van der Waals surface area contributed by atoms with Crippen LogP contribution in [0.3, 0.4) is 0 Å². The Labute approximate surface area is 129 Å². The lowest BCUT2D eigenvalue weighted by molar-refractivity contribution is -0.126. The van der Waals surface area contributed by atoms with Crippen LogP contribution in [0.5, 0.6) is 0 Å². The second-order valence-electron chi connectivity index (χ2n) is 7.57. The number of carbonyl (C=O) groups is 2. The maximum atomic E-state index is 12.2. The number of rotatable bonds is 5. The van der Waals surface area contributed by atoms with Gasteiger partial charge in [-0.05, 0) is 48.0 Å². The van der Waals surface area contributed by atoms with Crippen LogP contribution in [0.25, 0.3) is 0 Å². The summed E-state index contributed by atoms with van der Waals surface area (Å²) in [5, 5.41) is 5.77. The van der Waals surface area contributed by atoms with Crippen molar-refractivity contribution in [2.75, 3.05) is 0 Å². The Morgan fingerprint density at radius 3 is 2.00 bits per heavy atom. The molecule has 0 fully saturated rings. The molecule has 2 atom stereocenters. The van der Waals surface area contributed by atoms with Crippen molar-refractivity contribution in [1.29, 1.82) is 0 Å². The fourth-order valence-electron chi connectivity index (χ4n) is 1.88. The lowest BCUT2D eigenvalue weighted by atomic mass is 9.95. The van der Waals surface area contributed by atoms with Crippen molar-refractivity contribution in [3.63, 3.8) is 0 Å². The highest BCUT2D eigenvalue weighted by molar-refractivity contribution is 5.80. The van der Waals surface area contributed by atoms with Crippen molar-refractivity contribution in [3.05, 3.63) is 0 Å². The molecule has 0 bridgehead atoms. The van der Waals surface area contributed by atoms with Crippen molar-refractivity contribution in [1.82, 2.24) is 10.6 Å². The van der Waals surface area contributed by atoms with Gasteiger partial charge in [0.05, 0.1) is 5.92 Å². The summed E-state index contributed by atoms with van der Waals surface area (Å²) >= 11 is 0. The Kier molecular flexibility index (Phi) is 7.20. The summed E-state index contributed by atoms with van der Waals surface area (Å²) < 4.78 is 5.26. The van der Waals surface area contributed by atoms with E-state index in [9.17, 15) is 9.59 Å². The van der Waals surface area contributed by atoms with Gasteiger partial charge in [-0.2, -0.15) is 0 Å². The first kappa shape index (κ1) is 19.7. The van der Waals surface area contributed by atoms with Crippen LogP contribution in [0, 0.1) is 5.92 Å². The minimum absolute atomic E-state index is 0.0583. The third-order valence-corrected chi connectivity index (χ3v) is 2.82. The molecule has 0 spiro atoms. The predicted molar refractivity (Wildman–Crippen MR) is 85.1 cm³/mol. The molecule has 0 aromatic carbocycles. The molecule has 0 saturated carbocycles. The van der Waals surface area contributed by atoms with Crippen molar-refractivity contribution in [2.24, 2.45) is 5.92 Å². The van der Waals surface area contributed by atoms with Crippen LogP contribution in [0.1, 0.15) is 68.2 Å². The fraction of sp³-hybridized carbons (Fsp3) is 0.875. The molecule has 2 N–H and O–H groups in total. The Morgan fingerprint density at radius 1 is 1.10 bits per heavy atom. The van der Waals surface area contributed by atoms with E-state index >= 15 is 0 Å². The topological polar surface area (TPSA) is 67.4 Å². The standard InChI is InChI=1S/C16H32N2O3/c1-9-10-12(17-14(20)21-16(6,7)8)11(2)13(19)18-15(3,4)5/h11-12H,9-10H2,1-8H3,(H,17,20)(H,18,19). The molecule has 21 heavy (non-hydrogen) atoms. The minimum Gasteiger partial charge on any atom is -0.444 e. The summed E-state index contributed by atoms with van der Waals surface area (Å²) in [5.74, 6) is -0.367. The van der Waals surface area contributed by atoms with Gasteiger partial charge in [0.15, 0.2) is 0 Å². The molecule has 0 aromatic rings. The molecule has 0 radical (unpaired) electrons. The van der Waals surface area contributed by atoms with E-state index in [1.807, 2.05) is 55.4 Å². The maximum absolute atomic E-state index is 12.2. The van der Waals surface area contributed by atoms with E-state index in [1.165, 1.54) is 0 Å². The summed E-state index contributed by atoms with van der Waals surface area (Å²) in [6.45, 7) is 15.1. The van der Waals surface area contributed by atoms with E-state index in [-0.39, 0.29) is 23.4 Å². The van der Waals surface area contributed by atoms with Crippen LogP contribution in [0.2, 0.25) is 0 Å². The lowest BCUT2D eigenvalue weighted by Gasteiger charge is -2.29. The van der Waals surface area contributed by atoms with Crippen molar-refractivity contribution in [2.45, 2.75) is 85.4 Å². The molecule has 0 heterocycles. The van der Waals surface area contributed by atoms with Crippen molar-refractivity contribution >= 4 is 12.0 Å². The molecule has 0 saturated heterocycles. The second kappa shape index (κ2) is 7.66. The van der Waals surface area contributed by atoms with E-state index < -0.39 is 11.7 Å². The predicted octanol–water partition coefficient (Wildman–Crippen LogP) is 3.23. The Balaban J connectivity index is 4.73. The summed E-state index contributed by atoms with van der Waals surface area (Å²) in [4.78, 5) is 24.1. The summed E-state index contributed by atoms with van der Waals surface area (Å²) in [6.07, 6.45) is 1.14. The number of ether oxygens (including phenoxy) is 1. The molecule has 124 valence electrons. The SMILES string of the molecule is CCCC(NC(=O)OC(C)(C)C)C(C)C(=O)NC(C)(C)C. The molecule has 5 nitrogen and oxygen atoms in total. The average molecular weight is 300 g/mol. The Morgan fingerprint density at radius 2 is 1.62 bits per heavy atom. The highest BCUT2D eigenvalue weighted by Crippen LogP contribution is 2.14. The smallest absolute Gasteiger partial charge is 0.407 e. The van der Waals surface area contributed by atoms with Crippen LogP contribution in [-0.4, -0.2) is 29.2 Å². The van der Waals surface area contributed by atoms with Gasteiger partial charge in [0.2, 0.25) is 5.91 Å². The molecule has 0 aliphatic rings. The first-order valence-electron chi connectivity index (χ1n) is 7.67. The Hall–Kier alpha value is -1.26. The zero-order valence-corrected chi connectivity index (χ0v) is 14.8. The van der Waals surface area contributed by atoms with E-state index in [0.717, 1.165) is 12.8 Å². The molecule has 0 aliphatic heterocycles. The van der Waals surface area contributed by atoms with Gasteiger partial charge in [-0.1, -0.05) is 20.3 Å². The van der Waals surface area contributed by atoms with Crippen LogP contribution >= 0.6 is 0 Å². The highest BCUT2D eigenvalue weighted by atomic mass is 16.6. The number of nitrogens with one attached hydrogen (secondary N) is 2. The Bertz CT molecular complexity index is 354. The third kappa shape index (κ3) is 9.32. The number of hydrogen-bond acceptors (Lipinski definition) is 3. The van der Waals surface area contributed by atoms with Crippen LogP contribution in [0.15, 0.2) is 0 Å². The van der Waals surface area contributed by atoms with Gasteiger partial charge in [0.1, 0.15) is 5.60 Å². The van der Waals surface area contributed by atoms with Crippen molar-refractivity contribution < 1.29 is 14.3 Å². The lowest BCUT2D eigenvalue weighted by Crippen LogP contribution is -2.50. The van der Waals surface area contributed by atoms with Gasteiger partial charge in [-0.3, -0.25) is 4.79 Å². The zero-order chi connectivity index (χ0) is 16.8. The number of alkyl carbamates (subject to hydrolysis) is 1. The normalized spacial score (nSPS) is 15.0. The fourth-order valence-corrected chi connectivity index (χ4v) is 1.88. The number of hydrogen-bond donors (Lipinski definition) is 2. The summed E-state index contributed by atoms with van der Waals surface area (Å²) in [7, 11) is 0. The van der Waals surface area contributed by atoms with E-state index in [2.05, 4.69) is 10.6 Å². The molecule has 0 rings (SSSR count). The average Bonchev–Trinajstić information content (AvgIpc) is 2.22. The second-order valence-corrected chi connectivity index (χ2v) is 7.57. The molecule has 2 unspecified atom stereocenters. The molecule has 2 amide bonds. The number of amides is 2. The van der Waals surface area contributed by atoms with E-state index in [4.69, 9.17) is 4.74 Å². The molecule has 0 aromatic heterocycles. The summed E-state index contributed by atoms with van der Waals surface area (Å²) in [5.41, 5.74) is -0.828. The summed E-state index contributed by atoms with van der Waals surface area (Å²) in [6, 6.07) is -0.229. The van der Waals surface area contributed by atoms with Gasteiger partial charge in [0, 0.05) is 11.6 Å². The minimum atomic E-state index is -0.544. The maximum Gasteiger partial charge on any atom is 0.407 e. The molecular formula is C16H32N2O3. The molecule has 5 heteroatoms. The van der Waals surface area contributed by atoms with Gasteiger partial charge < -0.3 is 15.4 Å². The highest BCUT2D eigenvalue weighted by Gasteiger charge is 2.28. The monoisotopic (exact) mass is 300 g/mol. The van der Waals surface area contributed by atoms with E-state index in [1.54, 1.807) is 0 Å². The molecule has 0 aliphatic carbocycles. The molecular weight excluding hydrogens is 268 g/mol. The quantitative estimate of drug-likeness (QED) is 0.819. The van der Waals surface area contributed by atoms with Crippen LogP contribution in [-0.2, 0) is 9.53 Å². The first-order valence-corrected chi connectivity index (χ1v) is 7.67.